The Hall–Kier alpha value is -2.76. The zero-order chi connectivity index (χ0) is 16.1. The van der Waals surface area contributed by atoms with Crippen molar-refractivity contribution in [1.29, 1.82) is 0 Å². The number of carbonyl (C=O) groups excluding carboxylic acids is 1. The predicted molar refractivity (Wildman–Crippen MR) is 88.6 cm³/mol. The third-order valence-electron chi connectivity index (χ3n) is 3.37. The molecule has 0 saturated carbocycles. The molecule has 1 unspecified atom stereocenters. The molecule has 1 heterocycles. The van der Waals surface area contributed by atoms with Gasteiger partial charge in [0.1, 0.15) is 0 Å². The maximum Gasteiger partial charge on any atom is 0.270 e. The molecule has 0 saturated heterocycles. The average molecular weight is 308 g/mol. The summed E-state index contributed by atoms with van der Waals surface area (Å²) in [5.41, 5.74) is 1.61. The Morgan fingerprint density at radius 1 is 1.04 bits per heavy atom. The topological polar surface area (TPSA) is 62.1 Å². The Balaban J connectivity index is 1.95. The van der Waals surface area contributed by atoms with Gasteiger partial charge in [-0.25, -0.2) is 5.01 Å². The number of hydrogen-bond acceptors (Lipinski definition) is 5. The van der Waals surface area contributed by atoms with Crippen molar-refractivity contribution >= 4 is 23.4 Å². The van der Waals surface area contributed by atoms with Crippen molar-refractivity contribution in [1.82, 2.24) is 0 Å². The summed E-state index contributed by atoms with van der Waals surface area (Å²) >= 11 is 0. The molecule has 0 radical (unpaired) electrons. The molecular weight excluding hydrogens is 292 g/mol. The summed E-state index contributed by atoms with van der Waals surface area (Å²) < 4.78 is 5.14. The van der Waals surface area contributed by atoms with Gasteiger partial charge in [-0.05, 0) is 30.3 Å². The van der Waals surface area contributed by atoms with Crippen molar-refractivity contribution < 1.29 is 14.6 Å². The Kier molecular flexibility index (Phi) is 4.32. The fourth-order valence-corrected chi connectivity index (χ4v) is 2.18. The van der Waals surface area contributed by atoms with Gasteiger partial charge in [0, 0.05) is 0 Å². The summed E-state index contributed by atoms with van der Waals surface area (Å²) in [6.45, 7) is 0.158. The molecule has 0 aromatic heterocycles. The molecule has 2 aromatic carbocycles. The summed E-state index contributed by atoms with van der Waals surface area (Å²) in [6, 6.07) is 18.9. The molecule has 0 fully saturated rings. The van der Waals surface area contributed by atoms with Crippen LogP contribution in [-0.4, -0.2) is 29.5 Å². The molecule has 0 amide bonds. The molecule has 1 atom stereocenters. The minimum absolute atomic E-state index is 0.158. The van der Waals surface area contributed by atoms with Gasteiger partial charge in [0.2, 0.25) is 5.78 Å². The van der Waals surface area contributed by atoms with Crippen LogP contribution in [-0.2, 0) is 9.53 Å². The van der Waals surface area contributed by atoms with Crippen LogP contribution in [0.5, 0.6) is 0 Å². The van der Waals surface area contributed by atoms with E-state index in [2.05, 4.69) is 5.10 Å². The van der Waals surface area contributed by atoms with E-state index in [1.165, 1.54) is 6.08 Å². The summed E-state index contributed by atoms with van der Waals surface area (Å²) in [7, 11) is 0. The van der Waals surface area contributed by atoms with Crippen molar-refractivity contribution in [2.24, 2.45) is 5.10 Å². The number of nitrogens with zero attached hydrogens (tertiary/aromatic N) is 2. The second-order valence-electron chi connectivity index (χ2n) is 5.00. The number of ether oxygens (including phenoxy) is 1. The summed E-state index contributed by atoms with van der Waals surface area (Å²) in [5, 5.41) is 16.2. The minimum Gasteiger partial charge on any atom is -0.355 e. The molecule has 1 aliphatic heterocycles. The van der Waals surface area contributed by atoms with Crippen LogP contribution in [0, 0.1) is 0 Å². The van der Waals surface area contributed by atoms with E-state index < -0.39 is 11.6 Å². The lowest BCUT2D eigenvalue weighted by Gasteiger charge is -2.25. The fraction of sp³-hybridized carbons (Fsp3) is 0.111. The number of hydrazone groups is 1. The van der Waals surface area contributed by atoms with Gasteiger partial charge in [0.05, 0.1) is 24.2 Å². The maximum absolute atomic E-state index is 11.8. The number of ketones is 1. The lowest BCUT2D eigenvalue weighted by molar-refractivity contribution is -0.168. The van der Waals surface area contributed by atoms with Crippen LogP contribution < -0.4 is 5.01 Å². The monoisotopic (exact) mass is 308 g/mol. The van der Waals surface area contributed by atoms with E-state index in [0.29, 0.717) is 0 Å². The number of para-hydroxylation sites is 2. The molecule has 5 heteroatoms. The van der Waals surface area contributed by atoms with E-state index in [9.17, 15) is 9.90 Å². The molecule has 116 valence electrons. The van der Waals surface area contributed by atoms with Crippen LogP contribution in [0.4, 0.5) is 11.4 Å². The van der Waals surface area contributed by atoms with E-state index >= 15 is 0 Å². The highest BCUT2D eigenvalue weighted by atomic mass is 16.6. The molecule has 3 rings (SSSR count). The first kappa shape index (κ1) is 15.1. The van der Waals surface area contributed by atoms with Crippen molar-refractivity contribution in [2.75, 3.05) is 11.6 Å². The highest BCUT2D eigenvalue weighted by molar-refractivity contribution is 6.08. The minimum atomic E-state index is -2.03. The van der Waals surface area contributed by atoms with Crippen LogP contribution in [0.1, 0.15) is 0 Å². The molecule has 1 N–H and O–H groups in total. The summed E-state index contributed by atoms with van der Waals surface area (Å²) in [4.78, 5) is 11.8. The first-order valence-electron chi connectivity index (χ1n) is 7.22. The third-order valence-corrected chi connectivity index (χ3v) is 3.37. The number of carbonyl (C=O) groups is 1. The van der Waals surface area contributed by atoms with Gasteiger partial charge in [0.15, 0.2) is 0 Å². The smallest absolute Gasteiger partial charge is 0.270 e. The number of rotatable bonds is 4. The molecule has 2 aromatic rings. The van der Waals surface area contributed by atoms with Crippen LogP contribution in [0.2, 0.25) is 0 Å². The van der Waals surface area contributed by atoms with Crippen LogP contribution in [0.25, 0.3) is 0 Å². The first-order valence-corrected chi connectivity index (χ1v) is 7.22. The molecule has 1 aliphatic rings. The highest BCUT2D eigenvalue weighted by Crippen LogP contribution is 2.25. The lowest BCUT2D eigenvalue weighted by Crippen LogP contribution is -2.44. The Morgan fingerprint density at radius 2 is 1.61 bits per heavy atom. The normalized spacial score (nSPS) is 20.8. The van der Waals surface area contributed by atoms with Gasteiger partial charge in [-0.3, -0.25) is 4.79 Å². The number of benzene rings is 2. The van der Waals surface area contributed by atoms with E-state index in [1.54, 1.807) is 11.1 Å². The fourth-order valence-electron chi connectivity index (χ4n) is 2.18. The zero-order valence-electron chi connectivity index (χ0n) is 12.4. The number of hydrogen-bond donors (Lipinski definition) is 1. The second kappa shape index (κ2) is 6.56. The lowest BCUT2D eigenvalue weighted by atomic mass is 10.1. The molecule has 0 bridgehead atoms. The molecule has 23 heavy (non-hydrogen) atoms. The summed E-state index contributed by atoms with van der Waals surface area (Å²) in [6.07, 6.45) is 3.97. The van der Waals surface area contributed by atoms with Gasteiger partial charge in [-0.2, -0.15) is 5.10 Å². The van der Waals surface area contributed by atoms with Gasteiger partial charge in [0.25, 0.3) is 5.79 Å². The number of anilines is 2. The zero-order valence-corrected chi connectivity index (χ0v) is 12.4. The highest BCUT2D eigenvalue weighted by Gasteiger charge is 2.35. The Bertz CT molecular complexity index is 689. The standard InChI is InChI=1S/C18H16N2O3/c21-17-12-7-13-23-18(17,22)14-19-20(15-8-3-1-4-9-15)16-10-5-2-6-11-16/h1-12,14,22H,13H2/b19-14+. The molecule has 0 spiro atoms. The number of aliphatic hydroxyl groups is 1. The van der Waals surface area contributed by atoms with E-state index in [0.717, 1.165) is 17.6 Å². The van der Waals surface area contributed by atoms with Crippen LogP contribution in [0.3, 0.4) is 0 Å². The average Bonchev–Trinajstić information content (AvgIpc) is 2.60. The largest absolute Gasteiger partial charge is 0.355 e. The van der Waals surface area contributed by atoms with Crippen molar-refractivity contribution in [3.63, 3.8) is 0 Å². The quantitative estimate of drug-likeness (QED) is 0.697. The van der Waals surface area contributed by atoms with E-state index in [4.69, 9.17) is 4.74 Å². The van der Waals surface area contributed by atoms with Crippen molar-refractivity contribution in [3.05, 3.63) is 72.8 Å². The van der Waals surface area contributed by atoms with Gasteiger partial charge in [-0.1, -0.05) is 42.5 Å². The third kappa shape index (κ3) is 3.36. The second-order valence-corrected chi connectivity index (χ2v) is 5.00. The van der Waals surface area contributed by atoms with Crippen molar-refractivity contribution in [3.8, 4) is 0 Å². The summed E-state index contributed by atoms with van der Waals surface area (Å²) in [5.74, 6) is -2.58. The van der Waals surface area contributed by atoms with Gasteiger partial charge in [-0.15, -0.1) is 0 Å². The van der Waals surface area contributed by atoms with E-state index in [1.807, 2.05) is 60.7 Å². The van der Waals surface area contributed by atoms with Crippen molar-refractivity contribution in [2.45, 2.75) is 5.79 Å². The molecular formula is C18H16N2O3. The first-order chi connectivity index (χ1) is 11.2. The Morgan fingerprint density at radius 3 is 2.13 bits per heavy atom. The predicted octanol–water partition coefficient (Wildman–Crippen LogP) is 2.65. The SMILES string of the molecule is O=C1C=CCOC1(O)/C=N/N(c1ccccc1)c1ccccc1. The van der Waals surface area contributed by atoms with E-state index in [-0.39, 0.29) is 6.61 Å². The molecule has 5 nitrogen and oxygen atoms in total. The molecule has 0 aliphatic carbocycles. The van der Waals surface area contributed by atoms with Crippen LogP contribution >= 0.6 is 0 Å². The van der Waals surface area contributed by atoms with Gasteiger partial charge < -0.3 is 9.84 Å². The van der Waals surface area contributed by atoms with Gasteiger partial charge >= 0.3 is 0 Å². The maximum atomic E-state index is 11.8. The van der Waals surface area contributed by atoms with Crippen LogP contribution in [0.15, 0.2) is 77.9 Å². The Labute approximate surface area is 134 Å².